The molecule has 0 radical (unpaired) electrons. The number of hydrogen-bond acceptors (Lipinski definition) is 5. The molecule has 0 aliphatic heterocycles. The molecule has 0 unspecified atom stereocenters. The molecule has 18 heavy (non-hydrogen) atoms. The van der Waals surface area contributed by atoms with Gasteiger partial charge in [-0.3, -0.25) is 0 Å². The SMILES string of the molecule is CN(C)CCCCNS(=O)(=O)c1ccc(CO)o1. The number of unbranched alkanes of at least 4 members (excludes halogenated alkanes) is 1. The van der Waals surface area contributed by atoms with E-state index in [2.05, 4.69) is 9.62 Å². The van der Waals surface area contributed by atoms with Gasteiger partial charge in [-0.1, -0.05) is 0 Å². The van der Waals surface area contributed by atoms with Crippen LogP contribution in [0.3, 0.4) is 0 Å². The van der Waals surface area contributed by atoms with Crippen molar-refractivity contribution in [2.75, 3.05) is 27.2 Å². The molecule has 0 saturated carbocycles. The Morgan fingerprint density at radius 3 is 2.61 bits per heavy atom. The van der Waals surface area contributed by atoms with E-state index in [-0.39, 0.29) is 17.5 Å². The molecular formula is C11H20N2O4S. The maximum atomic E-state index is 11.8. The highest BCUT2D eigenvalue weighted by molar-refractivity contribution is 7.89. The summed E-state index contributed by atoms with van der Waals surface area (Å²) in [6.07, 6.45) is 1.69. The third-order valence-corrected chi connectivity index (χ3v) is 3.72. The lowest BCUT2D eigenvalue weighted by Crippen LogP contribution is -2.25. The van der Waals surface area contributed by atoms with Crippen LogP contribution >= 0.6 is 0 Å². The van der Waals surface area contributed by atoms with Crippen LogP contribution in [0.5, 0.6) is 0 Å². The van der Waals surface area contributed by atoms with Gasteiger partial charge in [-0.25, -0.2) is 13.1 Å². The number of nitrogens with zero attached hydrogens (tertiary/aromatic N) is 1. The van der Waals surface area contributed by atoms with Crippen molar-refractivity contribution in [3.05, 3.63) is 17.9 Å². The summed E-state index contributed by atoms with van der Waals surface area (Å²) >= 11 is 0. The predicted octanol–water partition coefficient (Wildman–Crippen LogP) is 0.392. The van der Waals surface area contributed by atoms with Crippen molar-refractivity contribution in [2.24, 2.45) is 0 Å². The molecule has 7 heteroatoms. The largest absolute Gasteiger partial charge is 0.446 e. The lowest BCUT2D eigenvalue weighted by molar-refractivity contribution is 0.236. The first-order valence-electron chi connectivity index (χ1n) is 5.79. The van der Waals surface area contributed by atoms with Crippen molar-refractivity contribution in [3.63, 3.8) is 0 Å². The maximum Gasteiger partial charge on any atom is 0.273 e. The minimum absolute atomic E-state index is 0.154. The summed E-state index contributed by atoms with van der Waals surface area (Å²) in [6.45, 7) is 1.00. The molecule has 0 aromatic carbocycles. The number of furan rings is 1. The number of aliphatic hydroxyl groups excluding tert-OH is 1. The van der Waals surface area contributed by atoms with Crippen LogP contribution in [0, 0.1) is 0 Å². The molecule has 0 aliphatic carbocycles. The number of rotatable bonds is 8. The molecule has 1 rings (SSSR count). The van der Waals surface area contributed by atoms with Crippen molar-refractivity contribution in [3.8, 4) is 0 Å². The Bertz CT molecular complexity index is 453. The second-order valence-corrected chi connectivity index (χ2v) is 5.98. The Kier molecular flexibility index (Phi) is 5.80. The van der Waals surface area contributed by atoms with Gasteiger partial charge in [0, 0.05) is 6.54 Å². The first kappa shape index (κ1) is 15.2. The highest BCUT2D eigenvalue weighted by atomic mass is 32.2. The molecule has 0 amide bonds. The van der Waals surface area contributed by atoms with Gasteiger partial charge in [-0.15, -0.1) is 0 Å². The van der Waals surface area contributed by atoms with E-state index >= 15 is 0 Å². The van der Waals surface area contributed by atoms with E-state index in [4.69, 9.17) is 9.52 Å². The van der Waals surface area contributed by atoms with Crippen LogP contribution < -0.4 is 4.72 Å². The summed E-state index contributed by atoms with van der Waals surface area (Å²) < 4.78 is 31.0. The molecule has 1 aromatic heterocycles. The summed E-state index contributed by atoms with van der Waals surface area (Å²) in [4.78, 5) is 2.05. The van der Waals surface area contributed by atoms with Gasteiger partial charge in [0.25, 0.3) is 10.0 Å². The van der Waals surface area contributed by atoms with Crippen molar-refractivity contribution in [1.82, 2.24) is 9.62 Å². The van der Waals surface area contributed by atoms with Gasteiger partial charge in [0.15, 0.2) is 0 Å². The van der Waals surface area contributed by atoms with Crippen LogP contribution in [-0.4, -0.2) is 45.6 Å². The highest BCUT2D eigenvalue weighted by Crippen LogP contribution is 2.13. The van der Waals surface area contributed by atoms with Crippen molar-refractivity contribution in [1.29, 1.82) is 0 Å². The molecule has 0 atom stereocenters. The van der Waals surface area contributed by atoms with Crippen LogP contribution in [0.4, 0.5) is 0 Å². The van der Waals surface area contributed by atoms with Gasteiger partial charge in [0.1, 0.15) is 12.4 Å². The fraction of sp³-hybridized carbons (Fsp3) is 0.636. The van der Waals surface area contributed by atoms with E-state index in [9.17, 15) is 8.42 Å². The zero-order valence-corrected chi connectivity index (χ0v) is 11.5. The minimum atomic E-state index is -3.59. The molecule has 0 aliphatic rings. The number of sulfonamides is 1. The lowest BCUT2D eigenvalue weighted by atomic mass is 10.3. The molecule has 0 spiro atoms. The summed E-state index contributed by atoms with van der Waals surface area (Å²) in [5, 5.41) is 8.65. The average Bonchev–Trinajstić information content (AvgIpc) is 2.77. The lowest BCUT2D eigenvalue weighted by Gasteiger charge is -2.09. The average molecular weight is 276 g/mol. The third-order valence-electron chi connectivity index (χ3n) is 2.38. The molecule has 2 N–H and O–H groups in total. The minimum Gasteiger partial charge on any atom is -0.446 e. The van der Waals surface area contributed by atoms with Crippen LogP contribution in [0.1, 0.15) is 18.6 Å². The predicted molar refractivity (Wildman–Crippen MR) is 67.6 cm³/mol. The molecule has 0 saturated heterocycles. The molecule has 6 nitrogen and oxygen atoms in total. The van der Waals surface area contributed by atoms with Crippen LogP contribution in [0.25, 0.3) is 0 Å². The normalized spacial score (nSPS) is 12.2. The van der Waals surface area contributed by atoms with Crippen molar-refractivity contribution in [2.45, 2.75) is 24.5 Å². The zero-order valence-electron chi connectivity index (χ0n) is 10.7. The van der Waals surface area contributed by atoms with Gasteiger partial charge < -0.3 is 14.4 Å². The Labute approximate surface area is 108 Å². The highest BCUT2D eigenvalue weighted by Gasteiger charge is 2.17. The summed E-state index contributed by atoms with van der Waals surface area (Å²) in [7, 11) is 0.360. The zero-order chi connectivity index (χ0) is 13.6. The second kappa shape index (κ2) is 6.89. The summed E-state index contributed by atoms with van der Waals surface area (Å²) in [6, 6.07) is 2.79. The van der Waals surface area contributed by atoms with Gasteiger partial charge in [-0.2, -0.15) is 0 Å². The molecule has 104 valence electrons. The van der Waals surface area contributed by atoms with Crippen molar-refractivity contribution < 1.29 is 17.9 Å². The fourth-order valence-electron chi connectivity index (χ4n) is 1.42. The summed E-state index contributed by atoms with van der Waals surface area (Å²) in [5.74, 6) is 0.239. The Hall–Kier alpha value is -0.890. The van der Waals surface area contributed by atoms with Crippen molar-refractivity contribution >= 4 is 10.0 Å². The third kappa shape index (κ3) is 4.77. The Morgan fingerprint density at radius 1 is 1.33 bits per heavy atom. The second-order valence-electron chi connectivity index (χ2n) is 4.29. The topological polar surface area (TPSA) is 82.8 Å². The number of hydrogen-bond donors (Lipinski definition) is 2. The standard InChI is InChI=1S/C11H20N2O4S/c1-13(2)8-4-3-7-12-18(15,16)11-6-5-10(9-14)17-11/h5-6,12,14H,3-4,7-9H2,1-2H3. The van der Waals surface area contributed by atoms with Gasteiger partial charge in [-0.05, 0) is 45.6 Å². The van der Waals surface area contributed by atoms with E-state index in [1.54, 1.807) is 0 Å². The number of aliphatic hydroxyl groups is 1. The van der Waals surface area contributed by atoms with Crippen LogP contribution in [0.2, 0.25) is 0 Å². The van der Waals surface area contributed by atoms with Gasteiger partial charge in [0.2, 0.25) is 5.09 Å². The van der Waals surface area contributed by atoms with E-state index in [0.29, 0.717) is 6.54 Å². The molecular weight excluding hydrogens is 256 g/mol. The molecule has 1 heterocycles. The first-order chi connectivity index (χ1) is 8.45. The first-order valence-corrected chi connectivity index (χ1v) is 7.28. The number of nitrogens with one attached hydrogen (secondary N) is 1. The fourth-order valence-corrected chi connectivity index (χ4v) is 2.44. The maximum absolute atomic E-state index is 11.8. The smallest absolute Gasteiger partial charge is 0.273 e. The summed E-state index contributed by atoms with van der Waals surface area (Å²) in [5.41, 5.74) is 0. The van der Waals surface area contributed by atoms with Crippen LogP contribution in [0.15, 0.2) is 21.6 Å². The van der Waals surface area contributed by atoms with Crippen LogP contribution in [-0.2, 0) is 16.6 Å². The van der Waals surface area contributed by atoms with Gasteiger partial charge in [0.05, 0.1) is 0 Å². The Balaban J connectivity index is 2.40. The Morgan fingerprint density at radius 2 is 2.06 bits per heavy atom. The monoisotopic (exact) mass is 276 g/mol. The van der Waals surface area contributed by atoms with E-state index < -0.39 is 10.0 Å². The van der Waals surface area contributed by atoms with E-state index in [1.807, 2.05) is 14.1 Å². The van der Waals surface area contributed by atoms with Gasteiger partial charge >= 0.3 is 0 Å². The van der Waals surface area contributed by atoms with E-state index in [1.165, 1.54) is 12.1 Å². The van der Waals surface area contributed by atoms with E-state index in [0.717, 1.165) is 19.4 Å². The quantitative estimate of drug-likeness (QED) is 0.671. The molecule has 0 fully saturated rings. The molecule has 0 bridgehead atoms. The molecule has 1 aromatic rings.